The van der Waals surface area contributed by atoms with E-state index in [2.05, 4.69) is 32.0 Å². The molecule has 82 valence electrons. The van der Waals surface area contributed by atoms with Crippen molar-refractivity contribution in [1.29, 1.82) is 0 Å². The van der Waals surface area contributed by atoms with E-state index in [0.29, 0.717) is 0 Å². The van der Waals surface area contributed by atoms with Crippen LogP contribution in [0.2, 0.25) is 0 Å². The van der Waals surface area contributed by atoms with Crippen LogP contribution in [0.1, 0.15) is 22.3 Å². The van der Waals surface area contributed by atoms with Crippen LogP contribution in [0.3, 0.4) is 0 Å². The first kappa shape index (κ1) is 10.9. The van der Waals surface area contributed by atoms with Crippen LogP contribution < -0.4 is 0 Å². The smallest absolute Gasteiger partial charge is 0.123 e. The molecule has 0 saturated heterocycles. The van der Waals surface area contributed by atoms with E-state index in [4.69, 9.17) is 0 Å². The zero-order chi connectivity index (χ0) is 11.5. The second kappa shape index (κ2) is 4.48. The van der Waals surface area contributed by atoms with Gasteiger partial charge in [-0.2, -0.15) is 0 Å². The average Bonchev–Trinajstić information content (AvgIpc) is 2.26. The van der Waals surface area contributed by atoms with Gasteiger partial charge in [-0.05, 0) is 54.7 Å². The van der Waals surface area contributed by atoms with Crippen LogP contribution in [-0.4, -0.2) is 0 Å². The van der Waals surface area contributed by atoms with Gasteiger partial charge in [0.25, 0.3) is 0 Å². The molecule has 0 radical (unpaired) electrons. The molecule has 0 N–H and O–H groups in total. The number of hydrogen-bond acceptors (Lipinski definition) is 0. The molecule has 0 aliphatic carbocycles. The molecule has 0 aliphatic rings. The molecule has 0 saturated carbocycles. The first-order valence-corrected chi connectivity index (χ1v) is 5.46. The molecule has 0 bridgehead atoms. The molecule has 0 nitrogen and oxygen atoms in total. The van der Waals surface area contributed by atoms with Crippen molar-refractivity contribution < 1.29 is 4.39 Å². The van der Waals surface area contributed by atoms with E-state index < -0.39 is 0 Å². The fourth-order valence-electron chi connectivity index (χ4n) is 1.93. The molecule has 0 amide bonds. The maximum absolute atomic E-state index is 12.8. The molecule has 2 aromatic carbocycles. The van der Waals surface area contributed by atoms with Crippen LogP contribution in [0.15, 0.2) is 42.5 Å². The Bertz CT molecular complexity index is 463. The van der Waals surface area contributed by atoms with Crippen molar-refractivity contribution in [3.05, 3.63) is 70.5 Å². The molecular weight excluding hydrogens is 199 g/mol. The first-order valence-electron chi connectivity index (χ1n) is 5.46. The zero-order valence-corrected chi connectivity index (χ0v) is 9.63. The molecule has 0 aromatic heterocycles. The molecule has 0 atom stereocenters. The summed E-state index contributed by atoms with van der Waals surface area (Å²) in [6.45, 7) is 4.23. The standard InChI is InChI=1S/C15H15F/c1-11-4-3-5-12(2)15(11)10-13-6-8-14(16)9-7-13/h3-9H,10H2,1-2H3. The van der Waals surface area contributed by atoms with E-state index in [1.807, 2.05) is 12.1 Å². The molecule has 0 fully saturated rings. The monoisotopic (exact) mass is 214 g/mol. The number of aryl methyl sites for hydroxylation is 2. The second-order valence-electron chi connectivity index (χ2n) is 4.17. The van der Waals surface area contributed by atoms with E-state index in [1.165, 1.54) is 28.8 Å². The molecule has 0 unspecified atom stereocenters. The van der Waals surface area contributed by atoms with Gasteiger partial charge in [0.15, 0.2) is 0 Å². The predicted molar refractivity (Wildman–Crippen MR) is 65.1 cm³/mol. The lowest BCUT2D eigenvalue weighted by Gasteiger charge is -2.09. The highest BCUT2D eigenvalue weighted by Crippen LogP contribution is 2.18. The van der Waals surface area contributed by atoms with Gasteiger partial charge in [-0.15, -0.1) is 0 Å². The molecule has 0 heterocycles. The summed E-state index contributed by atoms with van der Waals surface area (Å²) in [5.74, 6) is -0.176. The summed E-state index contributed by atoms with van der Waals surface area (Å²) >= 11 is 0. The molecule has 16 heavy (non-hydrogen) atoms. The second-order valence-corrected chi connectivity index (χ2v) is 4.17. The Hall–Kier alpha value is -1.63. The van der Waals surface area contributed by atoms with Crippen LogP contribution in [0, 0.1) is 19.7 Å². The van der Waals surface area contributed by atoms with Crippen molar-refractivity contribution in [2.24, 2.45) is 0 Å². The Labute approximate surface area is 95.7 Å². The van der Waals surface area contributed by atoms with Gasteiger partial charge in [-0.3, -0.25) is 0 Å². The third-order valence-corrected chi connectivity index (χ3v) is 2.94. The largest absolute Gasteiger partial charge is 0.207 e. The van der Waals surface area contributed by atoms with Gasteiger partial charge in [0.1, 0.15) is 5.82 Å². The van der Waals surface area contributed by atoms with Gasteiger partial charge in [-0.1, -0.05) is 30.3 Å². The van der Waals surface area contributed by atoms with E-state index in [9.17, 15) is 4.39 Å². The highest BCUT2D eigenvalue weighted by molar-refractivity contribution is 5.37. The van der Waals surface area contributed by atoms with E-state index in [-0.39, 0.29) is 5.82 Å². The van der Waals surface area contributed by atoms with Gasteiger partial charge in [0, 0.05) is 0 Å². The lowest BCUT2D eigenvalue weighted by molar-refractivity contribution is 0.627. The van der Waals surface area contributed by atoms with Gasteiger partial charge in [-0.25, -0.2) is 4.39 Å². The minimum atomic E-state index is -0.176. The average molecular weight is 214 g/mol. The summed E-state index contributed by atoms with van der Waals surface area (Å²) in [4.78, 5) is 0. The Balaban J connectivity index is 2.30. The Morgan fingerprint density at radius 1 is 0.875 bits per heavy atom. The van der Waals surface area contributed by atoms with Crippen LogP contribution in [0.25, 0.3) is 0 Å². The summed E-state index contributed by atoms with van der Waals surface area (Å²) in [5, 5.41) is 0. The van der Waals surface area contributed by atoms with Gasteiger partial charge in [0.2, 0.25) is 0 Å². The van der Waals surface area contributed by atoms with Gasteiger partial charge < -0.3 is 0 Å². The van der Waals surface area contributed by atoms with Crippen molar-refractivity contribution in [2.75, 3.05) is 0 Å². The van der Waals surface area contributed by atoms with Crippen molar-refractivity contribution in [3.63, 3.8) is 0 Å². The fourth-order valence-corrected chi connectivity index (χ4v) is 1.93. The topological polar surface area (TPSA) is 0 Å². The maximum Gasteiger partial charge on any atom is 0.123 e. The van der Waals surface area contributed by atoms with E-state index >= 15 is 0 Å². The minimum Gasteiger partial charge on any atom is -0.207 e. The summed E-state index contributed by atoms with van der Waals surface area (Å²) in [6, 6.07) is 13.0. The van der Waals surface area contributed by atoms with Crippen LogP contribution in [0.4, 0.5) is 4.39 Å². The minimum absolute atomic E-state index is 0.176. The lowest BCUT2D eigenvalue weighted by Crippen LogP contribution is -1.95. The molecule has 2 rings (SSSR count). The normalized spacial score (nSPS) is 10.4. The first-order chi connectivity index (χ1) is 7.66. The number of rotatable bonds is 2. The Morgan fingerprint density at radius 2 is 1.44 bits per heavy atom. The third kappa shape index (κ3) is 2.30. The number of hydrogen-bond donors (Lipinski definition) is 0. The lowest BCUT2D eigenvalue weighted by atomic mass is 9.96. The third-order valence-electron chi connectivity index (χ3n) is 2.94. The molecular formula is C15H15F. The Kier molecular flexibility index (Phi) is 3.04. The molecule has 1 heteroatoms. The highest BCUT2D eigenvalue weighted by Gasteiger charge is 2.03. The molecule has 0 aliphatic heterocycles. The van der Waals surface area contributed by atoms with Gasteiger partial charge >= 0.3 is 0 Å². The van der Waals surface area contributed by atoms with Crippen LogP contribution in [0.5, 0.6) is 0 Å². The fraction of sp³-hybridized carbons (Fsp3) is 0.200. The predicted octanol–water partition coefficient (Wildman–Crippen LogP) is 4.03. The number of halogens is 1. The van der Waals surface area contributed by atoms with Crippen molar-refractivity contribution in [3.8, 4) is 0 Å². The summed E-state index contributed by atoms with van der Waals surface area (Å²) in [7, 11) is 0. The quantitative estimate of drug-likeness (QED) is 0.708. The molecule has 2 aromatic rings. The molecule has 0 spiro atoms. The summed E-state index contributed by atoms with van der Waals surface area (Å²) in [5.41, 5.74) is 5.08. The van der Waals surface area contributed by atoms with Crippen molar-refractivity contribution in [2.45, 2.75) is 20.3 Å². The van der Waals surface area contributed by atoms with E-state index in [0.717, 1.165) is 12.0 Å². The Morgan fingerprint density at radius 3 is 2.00 bits per heavy atom. The van der Waals surface area contributed by atoms with Crippen molar-refractivity contribution in [1.82, 2.24) is 0 Å². The SMILES string of the molecule is Cc1cccc(C)c1Cc1ccc(F)cc1. The maximum atomic E-state index is 12.8. The van der Waals surface area contributed by atoms with Crippen molar-refractivity contribution >= 4 is 0 Å². The highest BCUT2D eigenvalue weighted by atomic mass is 19.1. The van der Waals surface area contributed by atoms with Gasteiger partial charge in [0.05, 0.1) is 0 Å². The van der Waals surface area contributed by atoms with E-state index in [1.54, 1.807) is 0 Å². The van der Waals surface area contributed by atoms with Crippen LogP contribution >= 0.6 is 0 Å². The number of benzene rings is 2. The van der Waals surface area contributed by atoms with Crippen LogP contribution in [-0.2, 0) is 6.42 Å². The summed E-state index contributed by atoms with van der Waals surface area (Å²) in [6.07, 6.45) is 0.874. The summed E-state index contributed by atoms with van der Waals surface area (Å²) < 4.78 is 12.8. The zero-order valence-electron chi connectivity index (χ0n) is 9.63.